The molecule has 3 rings (SSSR count). The van der Waals surface area contributed by atoms with Crippen LogP contribution in [-0.2, 0) is 10.7 Å². The van der Waals surface area contributed by atoms with Crippen molar-refractivity contribution in [2.45, 2.75) is 4.90 Å². The van der Waals surface area contributed by atoms with Crippen molar-refractivity contribution in [3.05, 3.63) is 53.2 Å². The first-order chi connectivity index (χ1) is 8.88. The molecule has 0 saturated heterocycles. The van der Waals surface area contributed by atoms with Gasteiger partial charge in [0, 0.05) is 23.0 Å². The van der Waals surface area contributed by atoms with Crippen molar-refractivity contribution < 1.29 is 5.21 Å². The van der Waals surface area contributed by atoms with E-state index in [2.05, 4.69) is 14.5 Å². The molecule has 1 aliphatic rings. The van der Waals surface area contributed by atoms with Crippen molar-refractivity contribution in [1.29, 1.82) is 0 Å². The molecule has 0 saturated carbocycles. The van der Waals surface area contributed by atoms with Gasteiger partial charge >= 0.3 is 0 Å². The highest BCUT2D eigenvalue weighted by atomic mass is 32.2. The largest absolute Gasteiger partial charge is 0.362 e. The Morgan fingerprint density at radius 1 is 1.22 bits per heavy atom. The van der Waals surface area contributed by atoms with Crippen molar-refractivity contribution in [1.82, 2.24) is 4.98 Å². The van der Waals surface area contributed by atoms with Crippen LogP contribution in [0.25, 0.3) is 6.08 Å². The lowest BCUT2D eigenvalue weighted by Crippen LogP contribution is -2.02. The number of rotatable bonds is 1. The number of benzene rings is 1. The molecule has 5 heteroatoms. The number of aromatic nitrogens is 1. The van der Waals surface area contributed by atoms with Gasteiger partial charge in [-0.2, -0.15) is 0 Å². The lowest BCUT2D eigenvalue weighted by atomic mass is 10.3. The van der Waals surface area contributed by atoms with E-state index < -0.39 is 10.7 Å². The first-order valence-corrected chi connectivity index (χ1v) is 6.64. The fourth-order valence-corrected chi connectivity index (χ4v) is 3.16. The number of allylic oxidation sites excluding steroid dienone is 1. The van der Waals surface area contributed by atoms with Gasteiger partial charge in [-0.1, -0.05) is 12.1 Å². The van der Waals surface area contributed by atoms with Crippen LogP contribution in [0.4, 0.5) is 5.69 Å². The normalized spacial score (nSPS) is 20.3. The summed E-state index contributed by atoms with van der Waals surface area (Å²) in [4.78, 5) is 9.31. The number of hydrogen-bond acceptors (Lipinski definition) is 2. The lowest BCUT2D eigenvalue weighted by molar-refractivity contribution is 0.328. The Hall–Kier alpha value is -1.98. The summed E-state index contributed by atoms with van der Waals surface area (Å²) in [5, 5.41) is 9.26. The summed E-state index contributed by atoms with van der Waals surface area (Å²) in [7, 11) is -0.677. The molecule has 4 nitrogen and oxygen atoms in total. The molecule has 1 atom stereocenters. The first kappa shape index (κ1) is 11.1. The molecule has 1 unspecified atom stereocenters. The number of fused-ring (bicyclic) bond motifs is 1. The second kappa shape index (κ2) is 4.72. The van der Waals surface area contributed by atoms with Crippen LogP contribution in [0, 0.1) is 0 Å². The predicted octanol–water partition coefficient (Wildman–Crippen LogP) is 3.32. The quantitative estimate of drug-likeness (QED) is 0.756. The van der Waals surface area contributed by atoms with Gasteiger partial charge in [-0.25, -0.2) is 0 Å². The molecule has 0 spiro atoms. The molecule has 0 aliphatic carbocycles. The highest BCUT2D eigenvalue weighted by Crippen LogP contribution is 2.31. The van der Waals surface area contributed by atoms with E-state index in [1.54, 1.807) is 6.21 Å². The van der Waals surface area contributed by atoms with Crippen molar-refractivity contribution in [3.63, 3.8) is 0 Å². The van der Waals surface area contributed by atoms with E-state index in [0.717, 1.165) is 21.2 Å². The third kappa shape index (κ3) is 1.94. The Labute approximate surface area is 107 Å². The third-order valence-corrected chi connectivity index (χ3v) is 4.22. The van der Waals surface area contributed by atoms with Crippen molar-refractivity contribution >= 4 is 28.7 Å². The smallest absolute Gasteiger partial charge is 0.0779 e. The Morgan fingerprint density at radius 2 is 2.11 bits per heavy atom. The molecule has 1 aromatic carbocycles. The van der Waals surface area contributed by atoms with Gasteiger partial charge in [0.15, 0.2) is 0 Å². The average molecular weight is 257 g/mol. The predicted molar refractivity (Wildman–Crippen MR) is 73.2 cm³/mol. The van der Waals surface area contributed by atoms with Gasteiger partial charge in [0.2, 0.25) is 0 Å². The third-order valence-electron chi connectivity index (χ3n) is 2.63. The highest BCUT2D eigenvalue weighted by molar-refractivity contribution is 7.92. The Morgan fingerprint density at radius 3 is 2.89 bits per heavy atom. The summed E-state index contributed by atoms with van der Waals surface area (Å²) < 4.78 is 3.51. The molecule has 1 aromatic heterocycles. The zero-order valence-corrected chi connectivity index (χ0v) is 10.3. The zero-order chi connectivity index (χ0) is 12.4. The molecule has 1 aliphatic heterocycles. The highest BCUT2D eigenvalue weighted by Gasteiger charge is 2.15. The van der Waals surface area contributed by atoms with E-state index in [1.807, 2.05) is 48.7 Å². The minimum atomic E-state index is -0.677. The summed E-state index contributed by atoms with van der Waals surface area (Å²) in [6.45, 7) is 0. The van der Waals surface area contributed by atoms with Crippen molar-refractivity contribution in [2.24, 2.45) is 9.52 Å². The monoisotopic (exact) mass is 257 g/mol. The number of para-hydroxylation sites is 1. The van der Waals surface area contributed by atoms with Gasteiger partial charge in [0.25, 0.3) is 0 Å². The maximum absolute atomic E-state index is 9.26. The van der Waals surface area contributed by atoms with Crippen LogP contribution < -0.4 is 0 Å². The van der Waals surface area contributed by atoms with Crippen LogP contribution in [0.2, 0.25) is 0 Å². The van der Waals surface area contributed by atoms with Gasteiger partial charge in [-0.3, -0.25) is 10.2 Å². The molecular formula is C13H11N3OS. The summed E-state index contributed by atoms with van der Waals surface area (Å²) in [5.74, 6) is 0. The summed E-state index contributed by atoms with van der Waals surface area (Å²) >= 11 is 0. The second-order valence-corrected chi connectivity index (χ2v) is 5.41. The zero-order valence-electron chi connectivity index (χ0n) is 9.45. The molecule has 90 valence electrons. The standard InChI is InChI=1S/C13H11N3OS/c17-16-18-11(8-10-4-3-7-14-10)9-15-12-5-1-2-6-13(12)18/h1-9,14,17H. The summed E-state index contributed by atoms with van der Waals surface area (Å²) in [5.41, 5.74) is 1.83. The van der Waals surface area contributed by atoms with Gasteiger partial charge in [-0.05, 0) is 41.0 Å². The molecular weight excluding hydrogens is 246 g/mol. The maximum atomic E-state index is 9.26. The van der Waals surface area contributed by atoms with Crippen LogP contribution in [0.15, 0.2) is 61.9 Å². The maximum Gasteiger partial charge on any atom is 0.0779 e. The van der Waals surface area contributed by atoms with Crippen molar-refractivity contribution in [2.75, 3.05) is 0 Å². The van der Waals surface area contributed by atoms with Gasteiger partial charge in [0.05, 0.1) is 10.6 Å². The molecule has 2 N–H and O–H groups in total. The number of H-pyrrole nitrogens is 1. The van der Waals surface area contributed by atoms with E-state index in [-0.39, 0.29) is 0 Å². The molecule has 2 aromatic rings. The number of nitrogens with one attached hydrogen (secondary N) is 1. The number of nitrogens with zero attached hydrogens (tertiary/aromatic N) is 2. The topological polar surface area (TPSA) is 60.7 Å². The molecule has 0 amide bonds. The van der Waals surface area contributed by atoms with Crippen LogP contribution in [0.5, 0.6) is 0 Å². The van der Waals surface area contributed by atoms with Gasteiger partial charge in [-0.15, -0.1) is 4.53 Å². The molecule has 0 fully saturated rings. The van der Waals surface area contributed by atoms with Gasteiger partial charge < -0.3 is 4.98 Å². The molecule has 0 radical (unpaired) electrons. The SMILES string of the molecule is ON=S1C(=Cc2ccc[nH]2)C=Nc2ccccc21. The van der Waals surface area contributed by atoms with Crippen LogP contribution in [0.3, 0.4) is 0 Å². The Bertz CT molecular complexity index is 657. The Balaban J connectivity index is 2.11. The fourth-order valence-electron chi connectivity index (χ4n) is 1.81. The number of aromatic amines is 1. The van der Waals surface area contributed by atoms with Crippen LogP contribution in [0.1, 0.15) is 5.69 Å². The van der Waals surface area contributed by atoms with E-state index in [9.17, 15) is 5.21 Å². The molecule has 0 bridgehead atoms. The molecule has 18 heavy (non-hydrogen) atoms. The number of hydrogen-bond donors (Lipinski definition) is 2. The Kier molecular flexibility index (Phi) is 2.92. The average Bonchev–Trinajstić information content (AvgIpc) is 2.91. The van der Waals surface area contributed by atoms with Crippen LogP contribution in [-0.4, -0.2) is 16.4 Å². The second-order valence-electron chi connectivity index (χ2n) is 3.76. The summed E-state index contributed by atoms with van der Waals surface area (Å²) in [6.07, 6.45) is 5.56. The van der Waals surface area contributed by atoms with E-state index >= 15 is 0 Å². The van der Waals surface area contributed by atoms with Crippen molar-refractivity contribution in [3.8, 4) is 0 Å². The van der Waals surface area contributed by atoms with E-state index in [0.29, 0.717) is 0 Å². The van der Waals surface area contributed by atoms with Gasteiger partial charge in [0.1, 0.15) is 0 Å². The lowest BCUT2D eigenvalue weighted by Gasteiger charge is -2.14. The van der Waals surface area contributed by atoms with E-state index in [4.69, 9.17) is 0 Å². The molecule has 2 heterocycles. The van der Waals surface area contributed by atoms with Crippen LogP contribution >= 0.6 is 0 Å². The summed E-state index contributed by atoms with van der Waals surface area (Å²) in [6, 6.07) is 11.6. The minimum Gasteiger partial charge on any atom is -0.362 e. The number of aliphatic imine (C=N–C) groups is 1. The first-order valence-electron chi connectivity index (χ1n) is 5.46. The van der Waals surface area contributed by atoms with E-state index in [1.165, 1.54) is 0 Å². The fraction of sp³-hybridized carbons (Fsp3) is 0. The minimum absolute atomic E-state index is 0.677.